The van der Waals surface area contributed by atoms with Crippen LogP contribution in [0.1, 0.15) is 5.56 Å². The number of hydrogen-bond donors (Lipinski definition) is 1. The van der Waals surface area contributed by atoms with Crippen LogP contribution in [-0.4, -0.2) is 4.98 Å². The zero-order valence-electron chi connectivity index (χ0n) is 9.74. The molecule has 1 heterocycles. The fourth-order valence-corrected chi connectivity index (χ4v) is 2.31. The van der Waals surface area contributed by atoms with Crippen LogP contribution in [0.5, 0.6) is 0 Å². The summed E-state index contributed by atoms with van der Waals surface area (Å²) in [6, 6.07) is 15.2. The van der Waals surface area contributed by atoms with Gasteiger partial charge in [0, 0.05) is 16.6 Å². The third-order valence-electron chi connectivity index (χ3n) is 2.98. The van der Waals surface area contributed by atoms with Crippen LogP contribution in [0.25, 0.3) is 22.2 Å². The minimum atomic E-state index is 0.524. The van der Waals surface area contributed by atoms with Crippen molar-refractivity contribution < 1.29 is 0 Å². The highest BCUT2D eigenvalue weighted by molar-refractivity contribution is 6.42. The first-order valence-corrected chi connectivity index (χ1v) is 6.41. The van der Waals surface area contributed by atoms with E-state index < -0.39 is 0 Å². The van der Waals surface area contributed by atoms with Gasteiger partial charge in [-0.15, -0.1) is 0 Å². The van der Waals surface area contributed by atoms with Gasteiger partial charge in [-0.05, 0) is 35.9 Å². The molecule has 0 radical (unpaired) electrons. The first-order chi connectivity index (χ1) is 9.17. The van der Waals surface area contributed by atoms with Gasteiger partial charge in [-0.3, -0.25) is 0 Å². The summed E-state index contributed by atoms with van der Waals surface area (Å²) in [6.45, 7) is 0. The molecule has 1 N–H and O–H groups in total. The van der Waals surface area contributed by atoms with Gasteiger partial charge < -0.3 is 4.98 Å². The molecule has 92 valence electrons. The highest BCUT2D eigenvalue weighted by atomic mass is 35.5. The second-order valence-corrected chi connectivity index (χ2v) is 5.04. The first-order valence-electron chi connectivity index (χ1n) is 5.65. The maximum absolute atomic E-state index is 8.89. The van der Waals surface area contributed by atoms with Gasteiger partial charge >= 0.3 is 0 Å². The Morgan fingerprint density at radius 2 is 1.79 bits per heavy atom. The third kappa shape index (κ3) is 2.19. The Morgan fingerprint density at radius 1 is 0.947 bits per heavy atom. The Bertz CT molecular complexity index is 813. The van der Waals surface area contributed by atoms with Crippen molar-refractivity contribution in [3.63, 3.8) is 0 Å². The average molecular weight is 287 g/mol. The molecule has 0 aliphatic carbocycles. The molecule has 0 bridgehead atoms. The van der Waals surface area contributed by atoms with Gasteiger partial charge in [0.25, 0.3) is 0 Å². The van der Waals surface area contributed by atoms with Crippen molar-refractivity contribution in [3.8, 4) is 17.3 Å². The standard InChI is InChI=1S/C15H8Cl2N2/c16-12-4-3-10(6-13(12)17)15-7-11-2-1-9(8-18)5-14(11)19-15/h1-7,19H. The number of aromatic nitrogens is 1. The number of aromatic amines is 1. The first kappa shape index (κ1) is 12.1. The van der Waals surface area contributed by atoms with Gasteiger partial charge in [-0.25, -0.2) is 0 Å². The molecule has 3 rings (SSSR count). The van der Waals surface area contributed by atoms with Gasteiger partial charge in [0.15, 0.2) is 0 Å². The average Bonchev–Trinajstić information content (AvgIpc) is 2.84. The molecule has 0 unspecified atom stereocenters. The van der Waals surface area contributed by atoms with Crippen LogP contribution in [0.2, 0.25) is 10.0 Å². The lowest BCUT2D eigenvalue weighted by Gasteiger charge is -2.00. The van der Waals surface area contributed by atoms with E-state index in [0.29, 0.717) is 15.6 Å². The van der Waals surface area contributed by atoms with Crippen molar-refractivity contribution in [2.75, 3.05) is 0 Å². The predicted octanol–water partition coefficient (Wildman–Crippen LogP) is 5.01. The molecule has 0 atom stereocenters. The largest absolute Gasteiger partial charge is 0.354 e. The summed E-state index contributed by atoms with van der Waals surface area (Å²) in [5, 5.41) is 11.0. The molecular weight excluding hydrogens is 279 g/mol. The maximum Gasteiger partial charge on any atom is 0.0992 e. The molecule has 0 saturated carbocycles. The Labute approximate surface area is 120 Å². The third-order valence-corrected chi connectivity index (χ3v) is 3.72. The van der Waals surface area contributed by atoms with Crippen LogP contribution in [0.4, 0.5) is 0 Å². The molecule has 0 aliphatic rings. The molecule has 1 aromatic heterocycles. The smallest absolute Gasteiger partial charge is 0.0992 e. The zero-order chi connectivity index (χ0) is 13.4. The van der Waals surface area contributed by atoms with Crippen LogP contribution < -0.4 is 0 Å². The lowest BCUT2D eigenvalue weighted by Crippen LogP contribution is -1.78. The minimum absolute atomic E-state index is 0.524. The molecule has 2 nitrogen and oxygen atoms in total. The van der Waals surface area contributed by atoms with Crippen LogP contribution in [-0.2, 0) is 0 Å². The number of hydrogen-bond acceptors (Lipinski definition) is 1. The summed E-state index contributed by atoms with van der Waals surface area (Å²) in [7, 11) is 0. The summed E-state index contributed by atoms with van der Waals surface area (Å²) >= 11 is 11.9. The summed E-state index contributed by atoms with van der Waals surface area (Å²) in [5.41, 5.74) is 3.47. The molecule has 0 amide bonds. The summed E-state index contributed by atoms with van der Waals surface area (Å²) < 4.78 is 0. The van der Waals surface area contributed by atoms with Gasteiger partial charge in [0.2, 0.25) is 0 Å². The summed E-state index contributed by atoms with van der Waals surface area (Å²) in [5.74, 6) is 0. The van der Waals surface area contributed by atoms with Crippen LogP contribution in [0, 0.1) is 11.3 Å². The second kappa shape index (κ2) is 4.62. The molecule has 0 fully saturated rings. The van der Waals surface area contributed by atoms with Crippen molar-refractivity contribution in [1.29, 1.82) is 5.26 Å². The Balaban J connectivity index is 2.15. The molecule has 2 aromatic carbocycles. The number of nitriles is 1. The highest BCUT2D eigenvalue weighted by Crippen LogP contribution is 2.30. The highest BCUT2D eigenvalue weighted by Gasteiger charge is 2.06. The lowest BCUT2D eigenvalue weighted by atomic mass is 10.1. The topological polar surface area (TPSA) is 39.6 Å². The monoisotopic (exact) mass is 286 g/mol. The Morgan fingerprint density at radius 3 is 2.53 bits per heavy atom. The number of H-pyrrole nitrogens is 1. The predicted molar refractivity (Wildman–Crippen MR) is 78.5 cm³/mol. The van der Waals surface area contributed by atoms with E-state index in [-0.39, 0.29) is 0 Å². The van der Waals surface area contributed by atoms with Crippen molar-refractivity contribution >= 4 is 34.1 Å². The quantitative estimate of drug-likeness (QED) is 0.671. The number of fused-ring (bicyclic) bond motifs is 1. The van der Waals surface area contributed by atoms with E-state index in [1.807, 2.05) is 30.3 Å². The van der Waals surface area contributed by atoms with Crippen molar-refractivity contribution in [1.82, 2.24) is 4.98 Å². The fraction of sp³-hybridized carbons (Fsp3) is 0. The molecule has 0 aliphatic heterocycles. The summed E-state index contributed by atoms with van der Waals surface area (Å²) in [6.07, 6.45) is 0. The zero-order valence-corrected chi connectivity index (χ0v) is 11.3. The SMILES string of the molecule is N#Cc1ccc2cc(-c3ccc(Cl)c(Cl)c3)[nH]c2c1. The molecule has 3 aromatic rings. The normalized spacial score (nSPS) is 10.6. The summed E-state index contributed by atoms with van der Waals surface area (Å²) in [4.78, 5) is 3.28. The lowest BCUT2D eigenvalue weighted by molar-refractivity contribution is 1.44. The van der Waals surface area contributed by atoms with E-state index in [9.17, 15) is 0 Å². The van der Waals surface area contributed by atoms with E-state index >= 15 is 0 Å². The van der Waals surface area contributed by atoms with Gasteiger partial charge in [-0.2, -0.15) is 5.26 Å². The molecule has 19 heavy (non-hydrogen) atoms. The van der Waals surface area contributed by atoms with Gasteiger partial charge in [0.1, 0.15) is 0 Å². The Kier molecular flexibility index (Phi) is 2.94. The Hall–Kier alpha value is -1.95. The van der Waals surface area contributed by atoms with Crippen LogP contribution >= 0.6 is 23.2 Å². The van der Waals surface area contributed by atoms with Crippen molar-refractivity contribution in [2.45, 2.75) is 0 Å². The van der Waals surface area contributed by atoms with E-state index in [0.717, 1.165) is 22.2 Å². The molecule has 0 spiro atoms. The second-order valence-electron chi connectivity index (χ2n) is 4.23. The minimum Gasteiger partial charge on any atom is -0.354 e. The number of halogens is 2. The van der Waals surface area contributed by atoms with Crippen LogP contribution in [0.15, 0.2) is 42.5 Å². The molecule has 4 heteroatoms. The van der Waals surface area contributed by atoms with E-state index in [4.69, 9.17) is 28.5 Å². The van der Waals surface area contributed by atoms with Crippen molar-refractivity contribution in [2.24, 2.45) is 0 Å². The fourth-order valence-electron chi connectivity index (χ4n) is 2.02. The van der Waals surface area contributed by atoms with Gasteiger partial charge in [0.05, 0.1) is 21.7 Å². The van der Waals surface area contributed by atoms with E-state index in [2.05, 4.69) is 11.1 Å². The maximum atomic E-state index is 8.89. The number of nitrogens with zero attached hydrogens (tertiary/aromatic N) is 1. The van der Waals surface area contributed by atoms with Crippen LogP contribution in [0.3, 0.4) is 0 Å². The van der Waals surface area contributed by atoms with E-state index in [1.165, 1.54) is 0 Å². The van der Waals surface area contributed by atoms with Crippen molar-refractivity contribution in [3.05, 3.63) is 58.1 Å². The number of nitrogens with one attached hydrogen (secondary N) is 1. The van der Waals surface area contributed by atoms with E-state index in [1.54, 1.807) is 12.1 Å². The molecule has 0 saturated heterocycles. The number of rotatable bonds is 1. The molecular formula is C15H8Cl2N2. The van der Waals surface area contributed by atoms with Gasteiger partial charge in [-0.1, -0.05) is 35.3 Å². The number of benzene rings is 2.